The summed E-state index contributed by atoms with van der Waals surface area (Å²) >= 11 is 0. The maximum Gasteiger partial charge on any atom is 0.224 e. The van der Waals surface area contributed by atoms with Crippen molar-refractivity contribution in [3.05, 3.63) is 35.4 Å². The second-order valence-electron chi connectivity index (χ2n) is 5.95. The molecule has 0 spiro atoms. The number of guanidine groups is 1. The quantitative estimate of drug-likeness (QED) is 0.624. The third kappa shape index (κ3) is 5.93. The number of likely N-dealkylation sites (tertiary alicyclic amines) is 1. The van der Waals surface area contributed by atoms with E-state index in [2.05, 4.69) is 46.8 Å². The zero-order valence-corrected chi connectivity index (χ0v) is 14.3. The molecule has 1 saturated heterocycles. The Morgan fingerprint density at radius 3 is 2.52 bits per heavy atom. The van der Waals surface area contributed by atoms with Crippen molar-refractivity contribution in [2.45, 2.75) is 39.7 Å². The van der Waals surface area contributed by atoms with E-state index in [-0.39, 0.29) is 5.91 Å². The van der Waals surface area contributed by atoms with Gasteiger partial charge in [-0.3, -0.25) is 4.79 Å². The third-order valence-electron chi connectivity index (χ3n) is 3.97. The van der Waals surface area contributed by atoms with Crippen LogP contribution in [0.1, 0.15) is 37.3 Å². The van der Waals surface area contributed by atoms with Crippen LogP contribution in [-0.4, -0.2) is 42.9 Å². The topological polar surface area (TPSA) is 56.7 Å². The number of carbonyl (C=O) groups excluding carboxylic acids is 1. The van der Waals surface area contributed by atoms with Gasteiger partial charge in [-0.15, -0.1) is 0 Å². The maximum atomic E-state index is 12.0. The molecule has 1 aliphatic heterocycles. The van der Waals surface area contributed by atoms with Crippen molar-refractivity contribution in [2.75, 3.05) is 26.2 Å². The van der Waals surface area contributed by atoms with E-state index in [1.54, 1.807) is 0 Å². The van der Waals surface area contributed by atoms with E-state index in [0.717, 1.165) is 38.4 Å². The van der Waals surface area contributed by atoms with Crippen LogP contribution in [0.4, 0.5) is 0 Å². The van der Waals surface area contributed by atoms with Crippen LogP contribution in [0.25, 0.3) is 0 Å². The van der Waals surface area contributed by atoms with E-state index in [4.69, 9.17) is 0 Å². The number of aliphatic imine (C=N–C) groups is 1. The highest BCUT2D eigenvalue weighted by molar-refractivity contribution is 5.81. The molecule has 0 aromatic heterocycles. The van der Waals surface area contributed by atoms with Crippen LogP contribution in [-0.2, 0) is 11.3 Å². The lowest BCUT2D eigenvalue weighted by Crippen LogP contribution is -2.39. The van der Waals surface area contributed by atoms with Gasteiger partial charge in [0.1, 0.15) is 0 Å². The molecule has 5 nitrogen and oxygen atoms in total. The monoisotopic (exact) mass is 316 g/mol. The van der Waals surface area contributed by atoms with E-state index < -0.39 is 0 Å². The molecule has 1 amide bonds. The molecule has 0 radical (unpaired) electrons. The predicted octanol–water partition coefficient (Wildman–Crippen LogP) is 2.06. The lowest BCUT2D eigenvalue weighted by molar-refractivity contribution is -0.129. The van der Waals surface area contributed by atoms with Gasteiger partial charge >= 0.3 is 0 Å². The van der Waals surface area contributed by atoms with Gasteiger partial charge in [0.2, 0.25) is 5.91 Å². The first-order valence-corrected chi connectivity index (χ1v) is 8.54. The lowest BCUT2D eigenvalue weighted by atomic mass is 10.1. The molecular formula is C18H28N4O. The third-order valence-corrected chi connectivity index (χ3v) is 3.97. The molecule has 1 aromatic carbocycles. The standard InChI is InChI=1S/C18H28N4O/c1-3-19-18(21-14-16-8-6-15(2)7-9-16)20-11-10-17(23)22-12-4-5-13-22/h6-9H,3-5,10-14H2,1-2H3,(H2,19,20,21). The fraction of sp³-hybridized carbons (Fsp3) is 0.556. The number of aryl methyl sites for hydroxylation is 1. The Kier molecular flexibility index (Phi) is 6.91. The van der Waals surface area contributed by atoms with E-state index >= 15 is 0 Å². The van der Waals surface area contributed by atoms with Crippen LogP contribution >= 0.6 is 0 Å². The summed E-state index contributed by atoms with van der Waals surface area (Å²) in [6, 6.07) is 8.39. The smallest absolute Gasteiger partial charge is 0.224 e. The first kappa shape index (κ1) is 17.3. The fourth-order valence-corrected chi connectivity index (χ4v) is 2.62. The van der Waals surface area contributed by atoms with Crippen LogP contribution in [0.5, 0.6) is 0 Å². The van der Waals surface area contributed by atoms with Crippen molar-refractivity contribution < 1.29 is 4.79 Å². The number of hydrogen-bond acceptors (Lipinski definition) is 2. The summed E-state index contributed by atoms with van der Waals surface area (Å²) in [4.78, 5) is 18.6. The van der Waals surface area contributed by atoms with Gasteiger partial charge in [-0.1, -0.05) is 29.8 Å². The number of hydrogen-bond donors (Lipinski definition) is 2. The summed E-state index contributed by atoms with van der Waals surface area (Å²) in [6.07, 6.45) is 2.80. The summed E-state index contributed by atoms with van der Waals surface area (Å²) in [5.41, 5.74) is 2.43. The molecule has 126 valence electrons. The van der Waals surface area contributed by atoms with Crippen molar-refractivity contribution in [3.8, 4) is 0 Å². The average Bonchev–Trinajstić information content (AvgIpc) is 3.08. The molecule has 0 atom stereocenters. The summed E-state index contributed by atoms with van der Waals surface area (Å²) in [5, 5.41) is 6.47. The Labute approximate surface area is 139 Å². The van der Waals surface area contributed by atoms with E-state index in [1.807, 2.05) is 11.8 Å². The van der Waals surface area contributed by atoms with Crippen LogP contribution in [0.3, 0.4) is 0 Å². The molecule has 1 heterocycles. The van der Waals surface area contributed by atoms with Gasteiger partial charge in [0.05, 0.1) is 6.54 Å². The Hall–Kier alpha value is -2.04. The maximum absolute atomic E-state index is 12.0. The second-order valence-corrected chi connectivity index (χ2v) is 5.95. The molecule has 0 unspecified atom stereocenters. The Morgan fingerprint density at radius 1 is 1.17 bits per heavy atom. The highest BCUT2D eigenvalue weighted by Gasteiger charge is 2.17. The second kappa shape index (κ2) is 9.18. The predicted molar refractivity (Wildman–Crippen MR) is 94.4 cm³/mol. The molecule has 0 aliphatic carbocycles. The average molecular weight is 316 g/mol. The van der Waals surface area contributed by atoms with Crippen LogP contribution in [0, 0.1) is 6.92 Å². The first-order valence-electron chi connectivity index (χ1n) is 8.54. The van der Waals surface area contributed by atoms with E-state index in [0.29, 0.717) is 19.5 Å². The number of nitrogens with zero attached hydrogens (tertiary/aromatic N) is 2. The minimum Gasteiger partial charge on any atom is -0.357 e. The van der Waals surface area contributed by atoms with Crippen molar-refractivity contribution in [1.82, 2.24) is 15.5 Å². The largest absolute Gasteiger partial charge is 0.357 e. The highest BCUT2D eigenvalue weighted by Crippen LogP contribution is 2.08. The van der Waals surface area contributed by atoms with Gasteiger partial charge in [0.25, 0.3) is 0 Å². The van der Waals surface area contributed by atoms with Gasteiger partial charge in [0, 0.05) is 32.6 Å². The Bertz CT molecular complexity index is 518. The molecule has 2 N–H and O–H groups in total. The molecule has 1 aromatic rings. The van der Waals surface area contributed by atoms with E-state index in [1.165, 1.54) is 11.1 Å². The summed E-state index contributed by atoms with van der Waals surface area (Å²) < 4.78 is 0. The molecule has 23 heavy (non-hydrogen) atoms. The Balaban J connectivity index is 1.79. The van der Waals surface area contributed by atoms with Crippen molar-refractivity contribution in [2.24, 2.45) is 4.99 Å². The van der Waals surface area contributed by atoms with Gasteiger partial charge in [-0.2, -0.15) is 0 Å². The number of rotatable bonds is 6. The number of amides is 1. The molecular weight excluding hydrogens is 288 g/mol. The van der Waals surface area contributed by atoms with Gasteiger partial charge < -0.3 is 15.5 Å². The van der Waals surface area contributed by atoms with Gasteiger partial charge in [-0.05, 0) is 32.3 Å². The van der Waals surface area contributed by atoms with Crippen molar-refractivity contribution in [3.63, 3.8) is 0 Å². The zero-order valence-electron chi connectivity index (χ0n) is 14.3. The summed E-state index contributed by atoms with van der Waals surface area (Å²) in [6.45, 7) is 8.01. The van der Waals surface area contributed by atoms with Crippen LogP contribution in [0.15, 0.2) is 29.3 Å². The fourth-order valence-electron chi connectivity index (χ4n) is 2.62. The molecule has 2 rings (SSSR count). The minimum absolute atomic E-state index is 0.240. The number of nitrogens with one attached hydrogen (secondary N) is 2. The number of carbonyl (C=O) groups is 1. The number of benzene rings is 1. The van der Waals surface area contributed by atoms with Gasteiger partial charge in [0.15, 0.2) is 5.96 Å². The SMILES string of the molecule is CCNC(=NCc1ccc(C)cc1)NCCC(=O)N1CCCC1. The summed E-state index contributed by atoms with van der Waals surface area (Å²) in [7, 11) is 0. The van der Waals surface area contributed by atoms with Crippen molar-refractivity contribution >= 4 is 11.9 Å². The molecule has 1 fully saturated rings. The minimum atomic E-state index is 0.240. The summed E-state index contributed by atoms with van der Waals surface area (Å²) in [5.74, 6) is 1.01. The molecule has 1 aliphatic rings. The van der Waals surface area contributed by atoms with Crippen LogP contribution < -0.4 is 10.6 Å². The highest BCUT2D eigenvalue weighted by atomic mass is 16.2. The normalized spacial score (nSPS) is 14.9. The lowest BCUT2D eigenvalue weighted by Gasteiger charge is -2.16. The molecule has 5 heteroatoms. The van der Waals surface area contributed by atoms with Crippen molar-refractivity contribution in [1.29, 1.82) is 0 Å². The van der Waals surface area contributed by atoms with Gasteiger partial charge in [-0.25, -0.2) is 4.99 Å². The first-order chi connectivity index (χ1) is 11.2. The molecule has 0 bridgehead atoms. The van der Waals surface area contributed by atoms with Crippen LogP contribution in [0.2, 0.25) is 0 Å². The van der Waals surface area contributed by atoms with E-state index in [9.17, 15) is 4.79 Å². The Morgan fingerprint density at radius 2 is 1.87 bits per heavy atom. The molecule has 0 saturated carbocycles. The zero-order chi connectivity index (χ0) is 16.5.